The van der Waals surface area contributed by atoms with E-state index < -0.39 is 0 Å². The minimum Gasteiger partial charge on any atom is -0.383 e. The second-order valence-corrected chi connectivity index (χ2v) is 4.24. The van der Waals surface area contributed by atoms with Gasteiger partial charge in [0.25, 0.3) is 5.91 Å². The van der Waals surface area contributed by atoms with Crippen LogP contribution >= 0.6 is 11.6 Å². The molecular formula is C12H16ClN3O3. The van der Waals surface area contributed by atoms with Crippen molar-refractivity contribution in [2.45, 2.75) is 0 Å². The second-order valence-electron chi connectivity index (χ2n) is 3.85. The van der Waals surface area contributed by atoms with Crippen molar-refractivity contribution in [3.05, 3.63) is 29.0 Å². The number of aromatic nitrogens is 1. The Hall–Kier alpha value is -1.66. The van der Waals surface area contributed by atoms with Gasteiger partial charge in [-0.3, -0.25) is 9.59 Å². The highest BCUT2D eigenvalue weighted by Crippen LogP contribution is 2.06. The molecule has 0 unspecified atom stereocenters. The summed E-state index contributed by atoms with van der Waals surface area (Å²) in [6.07, 6.45) is 0. The van der Waals surface area contributed by atoms with Gasteiger partial charge in [0.15, 0.2) is 0 Å². The van der Waals surface area contributed by atoms with E-state index in [1.54, 1.807) is 25.3 Å². The molecule has 1 rings (SSSR count). The Kier molecular flexibility index (Phi) is 6.24. The molecule has 1 N–H and O–H groups in total. The van der Waals surface area contributed by atoms with Crippen molar-refractivity contribution >= 4 is 23.4 Å². The lowest BCUT2D eigenvalue weighted by molar-refractivity contribution is -0.121. The highest BCUT2D eigenvalue weighted by atomic mass is 35.5. The fraction of sp³-hybridized carbons (Fsp3) is 0.417. The molecule has 0 aliphatic rings. The quantitative estimate of drug-likeness (QED) is 0.613. The number of methoxy groups -OCH3 is 1. The first kappa shape index (κ1) is 15.4. The van der Waals surface area contributed by atoms with Gasteiger partial charge in [-0.15, -0.1) is 0 Å². The zero-order chi connectivity index (χ0) is 14.3. The van der Waals surface area contributed by atoms with E-state index >= 15 is 0 Å². The average molecular weight is 286 g/mol. The van der Waals surface area contributed by atoms with Gasteiger partial charge in [0, 0.05) is 20.7 Å². The first-order chi connectivity index (χ1) is 9.04. The summed E-state index contributed by atoms with van der Waals surface area (Å²) in [5.41, 5.74) is 0.208. The summed E-state index contributed by atoms with van der Waals surface area (Å²) >= 11 is 5.71. The standard InChI is InChI=1S/C12H16ClN3O3/c1-16(8-11(17)14-6-7-19-2)12(18)9-4-3-5-10(13)15-9/h3-5H,6-8H2,1-2H3,(H,14,17). The summed E-state index contributed by atoms with van der Waals surface area (Å²) in [7, 11) is 3.08. The van der Waals surface area contributed by atoms with Crippen molar-refractivity contribution in [3.63, 3.8) is 0 Å². The Balaban J connectivity index is 2.51. The minimum atomic E-state index is -0.357. The molecule has 0 atom stereocenters. The number of carbonyl (C=O) groups is 2. The number of rotatable bonds is 6. The molecule has 0 spiro atoms. The smallest absolute Gasteiger partial charge is 0.272 e. The summed E-state index contributed by atoms with van der Waals surface area (Å²) in [4.78, 5) is 28.7. The van der Waals surface area contributed by atoms with Gasteiger partial charge in [0.05, 0.1) is 13.2 Å². The highest BCUT2D eigenvalue weighted by Gasteiger charge is 2.16. The first-order valence-electron chi connectivity index (χ1n) is 5.68. The summed E-state index contributed by atoms with van der Waals surface area (Å²) < 4.78 is 4.81. The van der Waals surface area contributed by atoms with Crippen LogP contribution in [0.2, 0.25) is 5.15 Å². The lowest BCUT2D eigenvalue weighted by atomic mass is 10.3. The molecule has 0 aliphatic carbocycles. The number of hydrogen-bond donors (Lipinski definition) is 1. The molecule has 7 heteroatoms. The predicted octanol–water partition coefficient (Wildman–Crippen LogP) is 0.570. The topological polar surface area (TPSA) is 71.5 Å². The van der Waals surface area contributed by atoms with Gasteiger partial charge in [-0.25, -0.2) is 4.98 Å². The molecule has 6 nitrogen and oxygen atoms in total. The number of amides is 2. The largest absolute Gasteiger partial charge is 0.383 e. The second kappa shape index (κ2) is 7.70. The number of hydrogen-bond acceptors (Lipinski definition) is 4. The van der Waals surface area contributed by atoms with Gasteiger partial charge in [-0.2, -0.15) is 0 Å². The number of pyridine rings is 1. The lowest BCUT2D eigenvalue weighted by Gasteiger charge is -2.16. The molecule has 0 bridgehead atoms. The summed E-state index contributed by atoms with van der Waals surface area (Å²) in [5, 5.41) is 2.87. The third-order valence-electron chi connectivity index (χ3n) is 2.29. The van der Waals surface area contributed by atoms with Crippen molar-refractivity contribution in [1.82, 2.24) is 15.2 Å². The third kappa shape index (κ3) is 5.23. The van der Waals surface area contributed by atoms with Crippen molar-refractivity contribution in [2.75, 3.05) is 33.9 Å². The molecule has 0 saturated heterocycles. The molecule has 19 heavy (non-hydrogen) atoms. The fourth-order valence-corrected chi connectivity index (χ4v) is 1.52. The van der Waals surface area contributed by atoms with Crippen LogP contribution in [-0.2, 0) is 9.53 Å². The van der Waals surface area contributed by atoms with Crippen LogP contribution in [0.5, 0.6) is 0 Å². The maximum absolute atomic E-state index is 12.0. The van der Waals surface area contributed by atoms with Gasteiger partial charge in [-0.1, -0.05) is 17.7 Å². The maximum Gasteiger partial charge on any atom is 0.272 e. The molecule has 0 aromatic carbocycles. The molecule has 1 aromatic rings. The number of ether oxygens (including phenoxy) is 1. The molecule has 1 heterocycles. The maximum atomic E-state index is 12.0. The number of nitrogens with one attached hydrogen (secondary N) is 1. The summed E-state index contributed by atoms with van der Waals surface area (Å²) in [5.74, 6) is -0.612. The van der Waals surface area contributed by atoms with E-state index in [0.717, 1.165) is 0 Å². The van der Waals surface area contributed by atoms with Crippen LogP contribution in [0.15, 0.2) is 18.2 Å². The lowest BCUT2D eigenvalue weighted by Crippen LogP contribution is -2.39. The summed E-state index contributed by atoms with van der Waals surface area (Å²) in [6.45, 7) is 0.794. The van der Waals surface area contributed by atoms with Crippen molar-refractivity contribution in [2.24, 2.45) is 0 Å². The van der Waals surface area contributed by atoms with Crippen LogP contribution in [0.25, 0.3) is 0 Å². The Morgan fingerprint density at radius 2 is 2.21 bits per heavy atom. The van der Waals surface area contributed by atoms with E-state index in [1.807, 2.05) is 0 Å². The average Bonchev–Trinajstić information content (AvgIpc) is 2.38. The fourth-order valence-electron chi connectivity index (χ4n) is 1.36. The number of likely N-dealkylation sites (N-methyl/N-ethyl adjacent to an activating group) is 1. The van der Waals surface area contributed by atoms with E-state index in [4.69, 9.17) is 16.3 Å². The first-order valence-corrected chi connectivity index (χ1v) is 6.06. The zero-order valence-electron chi connectivity index (χ0n) is 10.9. The number of nitrogens with zero attached hydrogens (tertiary/aromatic N) is 2. The minimum absolute atomic E-state index is 0.0449. The highest BCUT2D eigenvalue weighted by molar-refractivity contribution is 6.29. The molecule has 104 valence electrons. The zero-order valence-corrected chi connectivity index (χ0v) is 11.6. The van der Waals surface area contributed by atoms with E-state index in [2.05, 4.69) is 10.3 Å². The van der Waals surface area contributed by atoms with Crippen LogP contribution in [0.4, 0.5) is 0 Å². The normalized spacial score (nSPS) is 10.1. The van der Waals surface area contributed by atoms with Gasteiger partial charge in [-0.05, 0) is 12.1 Å². The number of carbonyl (C=O) groups excluding carboxylic acids is 2. The number of halogens is 1. The van der Waals surface area contributed by atoms with Gasteiger partial charge in [0.1, 0.15) is 10.8 Å². The Bertz CT molecular complexity index is 454. The molecule has 0 fully saturated rings. The van der Waals surface area contributed by atoms with Crippen LogP contribution in [0.3, 0.4) is 0 Å². The molecule has 2 amide bonds. The van der Waals surface area contributed by atoms with Crippen LogP contribution in [0, 0.1) is 0 Å². The van der Waals surface area contributed by atoms with Crippen molar-refractivity contribution in [1.29, 1.82) is 0 Å². The predicted molar refractivity (Wildman–Crippen MR) is 71.1 cm³/mol. The van der Waals surface area contributed by atoms with Crippen LogP contribution in [-0.4, -0.2) is 55.6 Å². The van der Waals surface area contributed by atoms with Crippen LogP contribution < -0.4 is 5.32 Å². The molecular weight excluding hydrogens is 270 g/mol. The van der Waals surface area contributed by atoms with Crippen LogP contribution in [0.1, 0.15) is 10.5 Å². The van der Waals surface area contributed by atoms with E-state index in [-0.39, 0.29) is 29.2 Å². The van der Waals surface area contributed by atoms with Crippen molar-refractivity contribution in [3.8, 4) is 0 Å². The molecule has 0 aliphatic heterocycles. The molecule has 0 saturated carbocycles. The van der Waals surface area contributed by atoms with E-state index in [9.17, 15) is 9.59 Å². The molecule has 0 radical (unpaired) electrons. The van der Waals surface area contributed by atoms with E-state index in [0.29, 0.717) is 13.2 Å². The van der Waals surface area contributed by atoms with E-state index in [1.165, 1.54) is 11.9 Å². The Labute approximate surface area is 116 Å². The van der Waals surface area contributed by atoms with Gasteiger partial charge >= 0.3 is 0 Å². The van der Waals surface area contributed by atoms with Gasteiger partial charge < -0.3 is 15.0 Å². The monoisotopic (exact) mass is 285 g/mol. The Morgan fingerprint density at radius 3 is 2.84 bits per heavy atom. The van der Waals surface area contributed by atoms with Crippen molar-refractivity contribution < 1.29 is 14.3 Å². The third-order valence-corrected chi connectivity index (χ3v) is 2.50. The molecule has 1 aromatic heterocycles. The Morgan fingerprint density at radius 1 is 1.47 bits per heavy atom. The van der Waals surface area contributed by atoms with Gasteiger partial charge in [0.2, 0.25) is 5.91 Å². The SMILES string of the molecule is COCCNC(=O)CN(C)C(=O)c1cccc(Cl)n1. The summed E-state index contributed by atoms with van der Waals surface area (Å²) in [6, 6.07) is 4.76.